The number of nitrogens with zero attached hydrogens (tertiary/aromatic N) is 2. The first-order valence-corrected chi connectivity index (χ1v) is 6.51. The molecule has 1 heterocycles. The second kappa shape index (κ2) is 5.87. The van der Waals surface area contributed by atoms with E-state index in [1.165, 1.54) is 16.8 Å². The summed E-state index contributed by atoms with van der Waals surface area (Å²) in [6, 6.07) is 6.34. The molecule has 0 fully saturated rings. The molecule has 0 radical (unpaired) electrons. The van der Waals surface area contributed by atoms with Gasteiger partial charge in [-0.3, -0.25) is 4.99 Å². The first kappa shape index (κ1) is 12.9. The molecule has 98 valence electrons. The summed E-state index contributed by atoms with van der Waals surface area (Å²) in [6.45, 7) is 8.51. The van der Waals surface area contributed by atoms with Crippen molar-refractivity contribution in [3.05, 3.63) is 29.3 Å². The Morgan fingerprint density at radius 1 is 1.33 bits per heavy atom. The molecule has 0 unspecified atom stereocenters. The maximum Gasteiger partial charge on any atom is 0.119 e. The number of aryl methyl sites for hydroxylation is 2. The molecule has 0 saturated heterocycles. The van der Waals surface area contributed by atoms with Gasteiger partial charge in [-0.25, -0.2) is 0 Å². The van der Waals surface area contributed by atoms with Gasteiger partial charge in [-0.2, -0.15) is 0 Å². The minimum Gasteiger partial charge on any atom is -0.377 e. The molecule has 0 saturated carbocycles. The zero-order valence-corrected chi connectivity index (χ0v) is 11.2. The minimum absolute atomic E-state index is 0.683. The Hall–Kier alpha value is -1.55. The predicted octanol–water partition coefficient (Wildman–Crippen LogP) is 1.39. The van der Waals surface area contributed by atoms with E-state index in [-0.39, 0.29) is 0 Å². The third-order valence-corrected chi connectivity index (χ3v) is 3.33. The van der Waals surface area contributed by atoms with Gasteiger partial charge in [0.05, 0.1) is 13.1 Å². The van der Waals surface area contributed by atoms with Crippen LogP contribution >= 0.6 is 0 Å². The van der Waals surface area contributed by atoms with Gasteiger partial charge in [0, 0.05) is 25.3 Å². The quantitative estimate of drug-likeness (QED) is 0.825. The Balaban J connectivity index is 1.99. The van der Waals surface area contributed by atoms with Crippen molar-refractivity contribution in [3.63, 3.8) is 0 Å². The summed E-state index contributed by atoms with van der Waals surface area (Å²) in [4.78, 5) is 6.80. The number of hydrogen-bond donors (Lipinski definition) is 2. The minimum atomic E-state index is 0.683. The van der Waals surface area contributed by atoms with E-state index in [2.05, 4.69) is 47.3 Å². The van der Waals surface area contributed by atoms with Crippen molar-refractivity contribution in [2.24, 2.45) is 10.7 Å². The van der Waals surface area contributed by atoms with Crippen molar-refractivity contribution in [1.82, 2.24) is 4.90 Å². The SMILES string of the molecule is Cc1cccc(C)c1NCC1=NCCN1CCN. The smallest absolute Gasteiger partial charge is 0.119 e. The summed E-state index contributed by atoms with van der Waals surface area (Å²) in [6.07, 6.45) is 0. The summed E-state index contributed by atoms with van der Waals surface area (Å²) in [5, 5.41) is 3.50. The highest BCUT2D eigenvalue weighted by Crippen LogP contribution is 2.19. The number of hydrogen-bond acceptors (Lipinski definition) is 4. The maximum absolute atomic E-state index is 5.61. The molecular formula is C14H22N4. The zero-order valence-electron chi connectivity index (χ0n) is 11.2. The van der Waals surface area contributed by atoms with Crippen molar-refractivity contribution >= 4 is 11.5 Å². The van der Waals surface area contributed by atoms with Crippen LogP contribution < -0.4 is 11.1 Å². The van der Waals surface area contributed by atoms with Crippen LogP contribution in [0, 0.1) is 13.8 Å². The standard InChI is InChI=1S/C14H22N4/c1-11-4-3-5-12(2)14(11)17-10-13-16-7-9-18(13)8-6-15/h3-5,17H,6-10,15H2,1-2H3. The molecule has 1 aromatic carbocycles. The van der Waals surface area contributed by atoms with Crippen LogP contribution in [0.25, 0.3) is 0 Å². The van der Waals surface area contributed by atoms with E-state index in [1.54, 1.807) is 0 Å². The normalized spacial score (nSPS) is 14.8. The Kier molecular flexibility index (Phi) is 4.20. The Morgan fingerprint density at radius 3 is 2.72 bits per heavy atom. The molecule has 4 heteroatoms. The summed E-state index contributed by atoms with van der Waals surface area (Å²) in [5.74, 6) is 1.13. The second-order valence-electron chi connectivity index (χ2n) is 4.69. The highest BCUT2D eigenvalue weighted by molar-refractivity contribution is 5.88. The fourth-order valence-electron chi connectivity index (χ4n) is 2.35. The number of benzene rings is 1. The fourth-order valence-corrected chi connectivity index (χ4v) is 2.35. The third kappa shape index (κ3) is 2.82. The largest absolute Gasteiger partial charge is 0.377 e. The lowest BCUT2D eigenvalue weighted by atomic mass is 10.1. The lowest BCUT2D eigenvalue weighted by molar-refractivity contribution is 0.464. The molecule has 1 aromatic rings. The van der Waals surface area contributed by atoms with E-state index in [9.17, 15) is 0 Å². The second-order valence-corrected chi connectivity index (χ2v) is 4.69. The van der Waals surface area contributed by atoms with Crippen LogP contribution in [0.15, 0.2) is 23.2 Å². The molecule has 1 aliphatic heterocycles. The first-order valence-electron chi connectivity index (χ1n) is 6.51. The number of anilines is 1. The Morgan fingerprint density at radius 2 is 2.06 bits per heavy atom. The first-order chi connectivity index (χ1) is 8.72. The van der Waals surface area contributed by atoms with Gasteiger partial charge in [-0.1, -0.05) is 18.2 Å². The van der Waals surface area contributed by atoms with Gasteiger partial charge in [-0.15, -0.1) is 0 Å². The summed E-state index contributed by atoms with van der Waals surface area (Å²) in [7, 11) is 0. The molecule has 3 N–H and O–H groups in total. The van der Waals surface area contributed by atoms with Gasteiger partial charge in [0.25, 0.3) is 0 Å². The van der Waals surface area contributed by atoms with Gasteiger partial charge in [0.2, 0.25) is 0 Å². The average Bonchev–Trinajstić information content (AvgIpc) is 2.77. The lowest BCUT2D eigenvalue weighted by Crippen LogP contribution is -2.36. The molecule has 0 amide bonds. The van der Waals surface area contributed by atoms with E-state index in [0.29, 0.717) is 6.54 Å². The molecule has 0 atom stereocenters. The van der Waals surface area contributed by atoms with E-state index in [1.807, 2.05) is 0 Å². The average molecular weight is 246 g/mol. The van der Waals surface area contributed by atoms with E-state index in [0.717, 1.165) is 32.0 Å². The van der Waals surface area contributed by atoms with Crippen molar-refractivity contribution in [2.75, 3.05) is 38.0 Å². The number of para-hydroxylation sites is 1. The molecule has 0 aromatic heterocycles. The fraction of sp³-hybridized carbons (Fsp3) is 0.500. The molecule has 0 aliphatic carbocycles. The van der Waals surface area contributed by atoms with Crippen LogP contribution in [0.4, 0.5) is 5.69 Å². The van der Waals surface area contributed by atoms with Gasteiger partial charge in [0.15, 0.2) is 0 Å². The van der Waals surface area contributed by atoms with Crippen LogP contribution in [0.1, 0.15) is 11.1 Å². The van der Waals surface area contributed by atoms with Gasteiger partial charge in [-0.05, 0) is 25.0 Å². The molecule has 2 rings (SSSR count). The molecule has 0 spiro atoms. The lowest BCUT2D eigenvalue weighted by Gasteiger charge is -2.21. The molecular weight excluding hydrogens is 224 g/mol. The van der Waals surface area contributed by atoms with Crippen LogP contribution in [0.5, 0.6) is 0 Å². The van der Waals surface area contributed by atoms with Crippen LogP contribution in [-0.4, -0.2) is 43.5 Å². The van der Waals surface area contributed by atoms with Crippen LogP contribution in [0.3, 0.4) is 0 Å². The monoisotopic (exact) mass is 246 g/mol. The Bertz CT molecular complexity index is 419. The molecule has 18 heavy (non-hydrogen) atoms. The number of nitrogens with two attached hydrogens (primary N) is 1. The van der Waals surface area contributed by atoms with Crippen LogP contribution in [0.2, 0.25) is 0 Å². The van der Waals surface area contributed by atoms with E-state index < -0.39 is 0 Å². The van der Waals surface area contributed by atoms with E-state index >= 15 is 0 Å². The molecule has 4 nitrogen and oxygen atoms in total. The predicted molar refractivity (Wildman–Crippen MR) is 77.3 cm³/mol. The highest BCUT2D eigenvalue weighted by Gasteiger charge is 2.15. The topological polar surface area (TPSA) is 53.7 Å². The highest BCUT2D eigenvalue weighted by atomic mass is 15.3. The van der Waals surface area contributed by atoms with Crippen molar-refractivity contribution in [2.45, 2.75) is 13.8 Å². The maximum atomic E-state index is 5.61. The number of nitrogens with one attached hydrogen (secondary N) is 1. The van der Waals surface area contributed by atoms with E-state index in [4.69, 9.17) is 5.73 Å². The third-order valence-electron chi connectivity index (χ3n) is 3.33. The van der Waals surface area contributed by atoms with Crippen molar-refractivity contribution in [1.29, 1.82) is 0 Å². The summed E-state index contributed by atoms with van der Waals surface area (Å²) in [5.41, 5.74) is 9.38. The summed E-state index contributed by atoms with van der Waals surface area (Å²) < 4.78 is 0. The molecule has 1 aliphatic rings. The number of amidine groups is 1. The number of aliphatic imine (C=N–C) groups is 1. The molecule has 0 bridgehead atoms. The number of rotatable bonds is 5. The summed E-state index contributed by atoms with van der Waals surface area (Å²) >= 11 is 0. The zero-order chi connectivity index (χ0) is 13.0. The van der Waals surface area contributed by atoms with Gasteiger partial charge < -0.3 is 16.0 Å². The Labute approximate surface area is 109 Å². The van der Waals surface area contributed by atoms with Crippen LogP contribution in [-0.2, 0) is 0 Å². The van der Waals surface area contributed by atoms with Gasteiger partial charge >= 0.3 is 0 Å². The van der Waals surface area contributed by atoms with Crippen molar-refractivity contribution in [3.8, 4) is 0 Å². The van der Waals surface area contributed by atoms with Gasteiger partial charge in [0.1, 0.15) is 5.84 Å². The van der Waals surface area contributed by atoms with Crippen molar-refractivity contribution < 1.29 is 0 Å².